The van der Waals surface area contributed by atoms with Gasteiger partial charge in [0.15, 0.2) is 0 Å². The van der Waals surface area contributed by atoms with Crippen molar-refractivity contribution in [1.82, 2.24) is 14.9 Å². The molecule has 1 amide bonds. The third-order valence-corrected chi connectivity index (χ3v) is 7.12. The molecule has 0 bridgehead atoms. The van der Waals surface area contributed by atoms with Gasteiger partial charge in [-0.25, -0.2) is 27.7 Å². The van der Waals surface area contributed by atoms with Gasteiger partial charge in [-0.15, -0.1) is 0 Å². The van der Waals surface area contributed by atoms with Gasteiger partial charge >= 0.3 is 12.1 Å². The van der Waals surface area contributed by atoms with Crippen molar-refractivity contribution in [3.63, 3.8) is 0 Å². The van der Waals surface area contributed by atoms with E-state index in [1.54, 1.807) is 22.8 Å². The second-order valence-electron chi connectivity index (χ2n) is 10.2. The number of halogens is 3. The molecule has 46 heavy (non-hydrogen) atoms. The topological polar surface area (TPSA) is 129 Å². The second-order valence-corrected chi connectivity index (χ2v) is 10.2. The summed E-state index contributed by atoms with van der Waals surface area (Å²) in [4.78, 5) is 43.7. The molecule has 0 aliphatic carbocycles. The van der Waals surface area contributed by atoms with E-state index >= 15 is 4.39 Å². The highest BCUT2D eigenvalue weighted by atomic mass is 19.1. The van der Waals surface area contributed by atoms with Gasteiger partial charge in [0.25, 0.3) is 0 Å². The lowest BCUT2D eigenvalue weighted by atomic mass is 10.1. The smallest absolute Gasteiger partial charge is 0.411 e. The summed E-state index contributed by atoms with van der Waals surface area (Å²) in [5, 5.41) is 14.6. The minimum absolute atomic E-state index is 0.137. The van der Waals surface area contributed by atoms with Crippen LogP contribution in [0.2, 0.25) is 0 Å². The SMILES string of the molecule is C=C(C)NC.CCOC(=O)Nc1ccc(N2CCN(c3cc4c(cc3F)c(=O)c(C(=O)O)cn4-c3ccc(F)cn3)CC2)c(F)c1. The summed E-state index contributed by atoms with van der Waals surface area (Å²) >= 11 is 0. The molecule has 242 valence electrons. The fourth-order valence-corrected chi connectivity index (χ4v) is 4.74. The molecule has 3 N–H and O–H groups in total. The van der Waals surface area contributed by atoms with Crippen LogP contribution in [0.3, 0.4) is 0 Å². The molecule has 1 aliphatic rings. The highest BCUT2D eigenvalue weighted by Gasteiger charge is 2.24. The number of aromatic carboxylic acids is 1. The number of rotatable bonds is 7. The van der Waals surface area contributed by atoms with E-state index in [4.69, 9.17) is 4.74 Å². The number of hydrogen-bond donors (Lipinski definition) is 3. The first kappa shape index (κ1) is 33.4. The van der Waals surface area contributed by atoms with Gasteiger partial charge in [0.05, 0.1) is 35.1 Å². The van der Waals surface area contributed by atoms with Crippen LogP contribution in [-0.2, 0) is 4.74 Å². The van der Waals surface area contributed by atoms with Crippen molar-refractivity contribution in [2.24, 2.45) is 0 Å². The lowest BCUT2D eigenvalue weighted by Crippen LogP contribution is -2.47. The first-order valence-corrected chi connectivity index (χ1v) is 14.2. The summed E-state index contributed by atoms with van der Waals surface area (Å²) in [5.41, 5.74) is 0.459. The Hall–Kier alpha value is -5.53. The van der Waals surface area contributed by atoms with Gasteiger partial charge in [0, 0.05) is 45.1 Å². The zero-order chi connectivity index (χ0) is 33.5. The van der Waals surface area contributed by atoms with Crippen LogP contribution >= 0.6 is 0 Å². The number of piperazine rings is 1. The first-order valence-electron chi connectivity index (χ1n) is 14.2. The molecule has 2 aromatic heterocycles. The normalized spacial score (nSPS) is 12.7. The summed E-state index contributed by atoms with van der Waals surface area (Å²) in [6.07, 6.45) is 1.34. The highest BCUT2D eigenvalue weighted by molar-refractivity contribution is 5.94. The van der Waals surface area contributed by atoms with E-state index in [2.05, 4.69) is 22.2 Å². The standard InChI is InChI=1S/C28H24F3N5O5.C4H9N/c1-2-41-28(40)33-17-4-5-22(20(30)11-17)34-7-9-35(10-8-34)24-13-23-18(12-21(24)31)26(37)19(27(38)39)15-36(23)25-6-3-16(29)14-32-25;1-4(2)5-3/h3-6,11-15H,2,7-10H2,1H3,(H,33,40)(H,38,39);5H,1H2,2-3H3. The Bertz CT molecular complexity index is 1820. The number of ether oxygens (including phenoxy) is 1. The van der Waals surface area contributed by atoms with E-state index in [9.17, 15) is 28.3 Å². The molecule has 0 unspecified atom stereocenters. The molecule has 1 aliphatic heterocycles. The Balaban J connectivity index is 0.000000892. The summed E-state index contributed by atoms with van der Waals surface area (Å²) in [7, 11) is 1.85. The van der Waals surface area contributed by atoms with Crippen LogP contribution in [0.1, 0.15) is 24.2 Å². The van der Waals surface area contributed by atoms with Crippen LogP contribution in [0.15, 0.2) is 71.9 Å². The van der Waals surface area contributed by atoms with Crippen molar-refractivity contribution in [3.8, 4) is 5.82 Å². The van der Waals surface area contributed by atoms with Gasteiger partial charge < -0.3 is 29.5 Å². The van der Waals surface area contributed by atoms with Crippen LogP contribution in [0.4, 0.5) is 35.0 Å². The Morgan fingerprint density at radius 2 is 1.63 bits per heavy atom. The third kappa shape index (κ3) is 7.57. The first-order chi connectivity index (χ1) is 21.9. The number of hydrogen-bond acceptors (Lipinski definition) is 8. The third-order valence-electron chi connectivity index (χ3n) is 7.12. The molecule has 3 heterocycles. The molecular weight excluding hydrogens is 605 g/mol. The molecule has 0 saturated carbocycles. The molecule has 0 atom stereocenters. The molecule has 11 nitrogen and oxygen atoms in total. The molecule has 14 heteroatoms. The van der Waals surface area contributed by atoms with Gasteiger partial charge in [-0.2, -0.15) is 0 Å². The van der Waals surface area contributed by atoms with Crippen molar-refractivity contribution in [2.75, 3.05) is 55.0 Å². The van der Waals surface area contributed by atoms with Crippen molar-refractivity contribution in [2.45, 2.75) is 13.8 Å². The van der Waals surface area contributed by atoms with Gasteiger partial charge in [0.1, 0.15) is 28.8 Å². The van der Waals surface area contributed by atoms with E-state index in [0.29, 0.717) is 31.9 Å². The predicted octanol–water partition coefficient (Wildman–Crippen LogP) is 5.14. The number of carbonyl (C=O) groups is 2. The fraction of sp³-hybridized carbons (Fsp3) is 0.250. The van der Waals surface area contributed by atoms with E-state index in [1.165, 1.54) is 28.8 Å². The molecule has 0 spiro atoms. The molecule has 1 saturated heterocycles. The van der Waals surface area contributed by atoms with Gasteiger partial charge in [-0.3, -0.25) is 10.1 Å². The van der Waals surface area contributed by atoms with Crippen LogP contribution in [0.5, 0.6) is 0 Å². The number of amides is 1. The van der Waals surface area contributed by atoms with Crippen LogP contribution < -0.4 is 25.9 Å². The highest BCUT2D eigenvalue weighted by Crippen LogP contribution is 2.30. The maximum Gasteiger partial charge on any atom is 0.411 e. The number of carboxylic acids is 1. The van der Waals surface area contributed by atoms with Crippen molar-refractivity contribution in [1.29, 1.82) is 0 Å². The minimum Gasteiger partial charge on any atom is -0.477 e. The number of aromatic nitrogens is 2. The molecule has 4 aromatic rings. The Labute approximate surface area is 262 Å². The van der Waals surface area contributed by atoms with Gasteiger partial charge in [0.2, 0.25) is 5.43 Å². The number of anilines is 3. The minimum atomic E-state index is -1.50. The number of allylic oxidation sites excluding steroid dienone is 1. The zero-order valence-electron chi connectivity index (χ0n) is 25.4. The monoisotopic (exact) mass is 638 g/mol. The van der Waals surface area contributed by atoms with Gasteiger partial charge in [-0.1, -0.05) is 6.58 Å². The van der Waals surface area contributed by atoms with Crippen LogP contribution in [-0.4, -0.2) is 66.6 Å². The van der Waals surface area contributed by atoms with E-state index in [0.717, 1.165) is 30.2 Å². The van der Waals surface area contributed by atoms with Gasteiger partial charge in [-0.05, 0) is 62.0 Å². The molecule has 2 aromatic carbocycles. The largest absolute Gasteiger partial charge is 0.477 e. The molecule has 5 rings (SSSR count). The molecule has 1 fully saturated rings. The lowest BCUT2D eigenvalue weighted by molar-refractivity contribution is 0.0695. The van der Waals surface area contributed by atoms with E-state index in [1.807, 2.05) is 14.0 Å². The van der Waals surface area contributed by atoms with Crippen molar-refractivity contribution < 1.29 is 32.6 Å². The summed E-state index contributed by atoms with van der Waals surface area (Å²) in [5.74, 6) is -3.24. The number of fused-ring (bicyclic) bond motifs is 1. The number of pyridine rings is 2. The van der Waals surface area contributed by atoms with Crippen molar-refractivity contribution in [3.05, 3.63) is 100 Å². The number of carboxylic acid groups (broad SMARTS) is 1. The zero-order valence-corrected chi connectivity index (χ0v) is 25.4. The predicted molar refractivity (Wildman–Crippen MR) is 170 cm³/mol. The summed E-state index contributed by atoms with van der Waals surface area (Å²) in [6, 6.07) is 9.14. The average molecular weight is 639 g/mol. The second kappa shape index (κ2) is 14.5. The fourth-order valence-electron chi connectivity index (χ4n) is 4.74. The number of nitrogens with zero attached hydrogens (tertiary/aromatic N) is 4. The number of benzene rings is 2. The lowest BCUT2D eigenvalue weighted by Gasteiger charge is -2.37. The number of nitrogens with one attached hydrogen (secondary N) is 2. The van der Waals surface area contributed by atoms with E-state index in [-0.39, 0.29) is 34.7 Å². The number of carbonyl (C=O) groups excluding carboxylic acids is 1. The van der Waals surface area contributed by atoms with Crippen molar-refractivity contribution >= 4 is 40.0 Å². The molecular formula is C32H33F3N6O5. The molecule has 0 radical (unpaired) electrons. The van der Waals surface area contributed by atoms with Crippen LogP contribution in [0.25, 0.3) is 16.7 Å². The maximum absolute atomic E-state index is 15.4. The average Bonchev–Trinajstić information content (AvgIpc) is 3.02. The quantitative estimate of drug-likeness (QED) is 0.252. The Morgan fingerprint density at radius 3 is 2.17 bits per heavy atom. The van der Waals surface area contributed by atoms with E-state index < -0.39 is 40.5 Å². The maximum atomic E-state index is 15.4. The van der Waals surface area contributed by atoms with Crippen LogP contribution in [0, 0.1) is 17.5 Å². The summed E-state index contributed by atoms with van der Waals surface area (Å²) in [6.45, 7) is 8.59. The Kier molecular flexibility index (Phi) is 10.5. The summed E-state index contributed by atoms with van der Waals surface area (Å²) < 4.78 is 49.9. The Morgan fingerprint density at radius 1 is 1.00 bits per heavy atom.